The summed E-state index contributed by atoms with van der Waals surface area (Å²) in [4.78, 5) is 24.4. The van der Waals surface area contributed by atoms with Crippen LogP contribution in [0, 0.1) is 0 Å². The Morgan fingerprint density at radius 2 is 1.76 bits per heavy atom. The third-order valence-electron chi connectivity index (χ3n) is 5.23. The summed E-state index contributed by atoms with van der Waals surface area (Å²) >= 11 is 0. The van der Waals surface area contributed by atoms with Gasteiger partial charge in [0, 0.05) is 32.2 Å². The number of aromatic nitrogens is 2. The van der Waals surface area contributed by atoms with Crippen molar-refractivity contribution in [1.29, 1.82) is 0 Å². The minimum atomic E-state index is -0.196. The maximum atomic E-state index is 12.5. The SMILES string of the molecule is COc1cc2nc(CN3CCN(c4ccccc4O)CC3)[nH]c(=O)c2cc1OC. The maximum Gasteiger partial charge on any atom is 0.258 e. The molecule has 1 aliphatic heterocycles. The van der Waals surface area contributed by atoms with Crippen molar-refractivity contribution in [3.8, 4) is 17.2 Å². The summed E-state index contributed by atoms with van der Waals surface area (Å²) < 4.78 is 10.6. The van der Waals surface area contributed by atoms with Gasteiger partial charge in [-0.15, -0.1) is 0 Å². The molecule has 2 aromatic carbocycles. The lowest BCUT2D eigenvalue weighted by molar-refractivity contribution is 0.243. The summed E-state index contributed by atoms with van der Waals surface area (Å²) in [5, 5.41) is 10.5. The molecule has 1 fully saturated rings. The summed E-state index contributed by atoms with van der Waals surface area (Å²) in [5.74, 6) is 1.96. The van der Waals surface area contributed by atoms with Gasteiger partial charge in [-0.3, -0.25) is 9.69 Å². The molecule has 0 aliphatic carbocycles. The molecule has 8 nitrogen and oxygen atoms in total. The number of anilines is 1. The molecule has 1 aromatic heterocycles. The van der Waals surface area contributed by atoms with Crippen molar-refractivity contribution in [3.05, 3.63) is 52.6 Å². The summed E-state index contributed by atoms with van der Waals surface area (Å²) in [6.07, 6.45) is 0. The van der Waals surface area contributed by atoms with E-state index in [1.165, 1.54) is 7.11 Å². The molecule has 0 amide bonds. The normalized spacial score (nSPS) is 14.9. The van der Waals surface area contributed by atoms with Gasteiger partial charge in [0.15, 0.2) is 11.5 Å². The second-order valence-electron chi connectivity index (χ2n) is 6.99. The van der Waals surface area contributed by atoms with Crippen molar-refractivity contribution in [2.24, 2.45) is 0 Å². The molecule has 1 aliphatic rings. The second kappa shape index (κ2) is 8.00. The first-order chi connectivity index (χ1) is 14.1. The zero-order chi connectivity index (χ0) is 20.4. The van der Waals surface area contributed by atoms with Crippen LogP contribution in [0.4, 0.5) is 5.69 Å². The number of phenolic OH excluding ortho intramolecular Hbond substituents is 1. The average molecular weight is 396 g/mol. The third-order valence-corrected chi connectivity index (χ3v) is 5.23. The first-order valence-corrected chi connectivity index (χ1v) is 9.49. The molecule has 0 unspecified atom stereocenters. The zero-order valence-corrected chi connectivity index (χ0v) is 16.5. The number of H-pyrrole nitrogens is 1. The number of piperazine rings is 1. The minimum Gasteiger partial charge on any atom is -0.506 e. The standard InChI is InChI=1S/C21H24N4O4/c1-28-18-11-14-15(12-19(18)29-2)22-20(23-21(14)27)13-24-7-9-25(10-8-24)16-5-3-4-6-17(16)26/h3-6,11-12,26H,7-10,13H2,1-2H3,(H,22,23,27). The van der Waals surface area contributed by atoms with E-state index in [-0.39, 0.29) is 5.56 Å². The molecule has 0 atom stereocenters. The highest BCUT2D eigenvalue weighted by Gasteiger charge is 2.20. The summed E-state index contributed by atoms with van der Waals surface area (Å²) in [6, 6.07) is 10.7. The number of nitrogens with zero attached hydrogens (tertiary/aromatic N) is 3. The Kier molecular flexibility index (Phi) is 5.26. The van der Waals surface area contributed by atoms with Gasteiger partial charge in [-0.1, -0.05) is 12.1 Å². The number of hydrogen-bond donors (Lipinski definition) is 2. The molecular weight excluding hydrogens is 372 g/mol. The van der Waals surface area contributed by atoms with Gasteiger partial charge in [0.05, 0.1) is 37.4 Å². The molecule has 4 rings (SSSR count). The van der Waals surface area contributed by atoms with E-state index in [0.717, 1.165) is 31.9 Å². The van der Waals surface area contributed by atoms with Crippen molar-refractivity contribution in [3.63, 3.8) is 0 Å². The van der Waals surface area contributed by atoms with Gasteiger partial charge in [-0.25, -0.2) is 4.98 Å². The van der Waals surface area contributed by atoms with E-state index in [1.807, 2.05) is 18.2 Å². The van der Waals surface area contributed by atoms with Gasteiger partial charge in [-0.2, -0.15) is 0 Å². The molecular formula is C21H24N4O4. The predicted octanol–water partition coefficient (Wildman–Crippen LogP) is 1.97. The van der Waals surface area contributed by atoms with E-state index < -0.39 is 0 Å². The van der Waals surface area contributed by atoms with Crippen molar-refractivity contribution in [2.75, 3.05) is 45.3 Å². The Hall–Kier alpha value is -3.26. The van der Waals surface area contributed by atoms with Gasteiger partial charge < -0.3 is 24.5 Å². The van der Waals surface area contributed by atoms with Crippen LogP contribution in [0.25, 0.3) is 10.9 Å². The quantitative estimate of drug-likeness (QED) is 0.681. The number of aromatic hydroxyl groups is 1. The third kappa shape index (κ3) is 3.84. The molecule has 2 N–H and O–H groups in total. The molecule has 1 saturated heterocycles. The number of methoxy groups -OCH3 is 2. The fourth-order valence-corrected chi connectivity index (χ4v) is 3.68. The number of para-hydroxylation sites is 2. The van der Waals surface area contributed by atoms with Crippen LogP contribution >= 0.6 is 0 Å². The highest BCUT2D eigenvalue weighted by atomic mass is 16.5. The molecule has 0 radical (unpaired) electrons. The monoisotopic (exact) mass is 396 g/mol. The zero-order valence-electron chi connectivity index (χ0n) is 16.5. The van der Waals surface area contributed by atoms with Gasteiger partial charge in [0.25, 0.3) is 5.56 Å². The van der Waals surface area contributed by atoms with Crippen molar-refractivity contribution >= 4 is 16.6 Å². The predicted molar refractivity (Wildman–Crippen MR) is 111 cm³/mol. The Morgan fingerprint density at radius 1 is 1.07 bits per heavy atom. The molecule has 0 saturated carbocycles. The number of ether oxygens (including phenoxy) is 2. The van der Waals surface area contributed by atoms with Gasteiger partial charge in [0.1, 0.15) is 11.6 Å². The van der Waals surface area contributed by atoms with E-state index in [2.05, 4.69) is 19.8 Å². The van der Waals surface area contributed by atoms with Crippen LogP contribution in [0.15, 0.2) is 41.2 Å². The van der Waals surface area contributed by atoms with Crippen molar-refractivity contribution in [1.82, 2.24) is 14.9 Å². The lowest BCUT2D eigenvalue weighted by Crippen LogP contribution is -2.46. The molecule has 8 heteroatoms. The largest absolute Gasteiger partial charge is 0.506 e. The molecule has 2 heterocycles. The lowest BCUT2D eigenvalue weighted by atomic mass is 10.2. The molecule has 29 heavy (non-hydrogen) atoms. The fraction of sp³-hybridized carbons (Fsp3) is 0.333. The number of aromatic amines is 1. The molecule has 152 valence electrons. The van der Waals surface area contributed by atoms with Crippen LogP contribution in [0.2, 0.25) is 0 Å². The van der Waals surface area contributed by atoms with Crippen LogP contribution in [-0.4, -0.2) is 60.4 Å². The van der Waals surface area contributed by atoms with E-state index in [4.69, 9.17) is 9.47 Å². The van der Waals surface area contributed by atoms with E-state index in [1.54, 1.807) is 25.3 Å². The Labute approximate surface area is 168 Å². The van der Waals surface area contributed by atoms with Crippen LogP contribution < -0.4 is 19.9 Å². The summed E-state index contributed by atoms with van der Waals surface area (Å²) in [7, 11) is 3.09. The summed E-state index contributed by atoms with van der Waals surface area (Å²) in [6.45, 7) is 3.75. The van der Waals surface area contributed by atoms with Crippen LogP contribution in [0.1, 0.15) is 5.82 Å². The van der Waals surface area contributed by atoms with Gasteiger partial charge in [-0.05, 0) is 18.2 Å². The van der Waals surface area contributed by atoms with E-state index >= 15 is 0 Å². The number of hydrogen-bond acceptors (Lipinski definition) is 7. The Balaban J connectivity index is 1.50. The van der Waals surface area contributed by atoms with Gasteiger partial charge >= 0.3 is 0 Å². The Bertz CT molecular complexity index is 1070. The van der Waals surface area contributed by atoms with Crippen LogP contribution in [0.5, 0.6) is 17.2 Å². The van der Waals surface area contributed by atoms with Crippen LogP contribution in [-0.2, 0) is 6.54 Å². The fourth-order valence-electron chi connectivity index (χ4n) is 3.68. The number of fused-ring (bicyclic) bond motifs is 1. The number of benzene rings is 2. The smallest absolute Gasteiger partial charge is 0.258 e. The Morgan fingerprint density at radius 3 is 2.45 bits per heavy atom. The van der Waals surface area contributed by atoms with Crippen LogP contribution in [0.3, 0.4) is 0 Å². The van der Waals surface area contributed by atoms with Crippen molar-refractivity contribution < 1.29 is 14.6 Å². The molecule has 0 bridgehead atoms. The van der Waals surface area contributed by atoms with Crippen molar-refractivity contribution in [2.45, 2.75) is 6.54 Å². The number of phenols is 1. The number of nitrogens with one attached hydrogen (secondary N) is 1. The second-order valence-corrected chi connectivity index (χ2v) is 6.99. The first-order valence-electron chi connectivity index (χ1n) is 9.49. The number of rotatable bonds is 5. The highest BCUT2D eigenvalue weighted by molar-refractivity contribution is 5.81. The molecule has 3 aromatic rings. The average Bonchev–Trinajstić information content (AvgIpc) is 2.74. The highest BCUT2D eigenvalue weighted by Crippen LogP contribution is 2.30. The topological polar surface area (TPSA) is 90.9 Å². The summed E-state index contributed by atoms with van der Waals surface area (Å²) in [5.41, 5.74) is 1.23. The minimum absolute atomic E-state index is 0.196. The molecule has 0 spiro atoms. The first kappa shape index (κ1) is 19.1. The van der Waals surface area contributed by atoms with Gasteiger partial charge in [0.2, 0.25) is 0 Å². The maximum absolute atomic E-state index is 12.5. The van der Waals surface area contributed by atoms with E-state index in [9.17, 15) is 9.90 Å². The van der Waals surface area contributed by atoms with E-state index in [0.29, 0.717) is 40.5 Å². The lowest BCUT2D eigenvalue weighted by Gasteiger charge is -2.36.